The van der Waals surface area contributed by atoms with Gasteiger partial charge in [-0.05, 0) is 44.5 Å². The van der Waals surface area contributed by atoms with Crippen LogP contribution in [0.1, 0.15) is 37.6 Å². The lowest BCUT2D eigenvalue weighted by Gasteiger charge is -2.18. The van der Waals surface area contributed by atoms with Crippen molar-refractivity contribution in [1.29, 1.82) is 0 Å². The Kier molecular flexibility index (Phi) is 5.97. The lowest BCUT2D eigenvalue weighted by Crippen LogP contribution is -2.43. The van der Waals surface area contributed by atoms with Crippen molar-refractivity contribution in [1.82, 2.24) is 10.2 Å². The Hall–Kier alpha value is -2.90. The van der Waals surface area contributed by atoms with Gasteiger partial charge in [0, 0.05) is 5.56 Å². The Balaban J connectivity index is 1.87. The van der Waals surface area contributed by atoms with Crippen molar-refractivity contribution in [3.63, 3.8) is 0 Å². The molecule has 0 unspecified atom stereocenters. The number of imide groups is 1. The van der Waals surface area contributed by atoms with E-state index in [0.29, 0.717) is 24.3 Å². The molecule has 3 amide bonds. The van der Waals surface area contributed by atoms with Gasteiger partial charge >= 0.3 is 12.0 Å². The van der Waals surface area contributed by atoms with Crippen molar-refractivity contribution >= 4 is 23.7 Å². The number of Topliss-reactive ketones (excluding diaryl/α,β-unsaturated/α-hetero) is 1. The summed E-state index contributed by atoms with van der Waals surface area (Å²) in [4.78, 5) is 48.8. The maximum absolute atomic E-state index is 12.2. The molecule has 0 saturated carbocycles. The summed E-state index contributed by atoms with van der Waals surface area (Å²) in [5.74, 6) is -1.07. The zero-order valence-corrected chi connectivity index (χ0v) is 15.0. The van der Waals surface area contributed by atoms with Crippen molar-refractivity contribution in [3.05, 3.63) is 29.8 Å². The van der Waals surface area contributed by atoms with E-state index in [1.807, 2.05) is 6.92 Å². The lowest BCUT2D eigenvalue weighted by atomic mass is 9.99. The predicted octanol–water partition coefficient (Wildman–Crippen LogP) is 1.53. The topological polar surface area (TPSA) is 102 Å². The number of ketones is 1. The van der Waals surface area contributed by atoms with E-state index < -0.39 is 42.4 Å². The molecule has 1 N–H and O–H groups in total. The molecule has 140 valence electrons. The van der Waals surface area contributed by atoms with Gasteiger partial charge in [0.2, 0.25) is 0 Å². The first-order valence-electron chi connectivity index (χ1n) is 8.36. The number of ether oxygens (including phenoxy) is 2. The summed E-state index contributed by atoms with van der Waals surface area (Å²) in [6.45, 7) is 4.72. The van der Waals surface area contributed by atoms with Gasteiger partial charge in [0.15, 0.2) is 12.4 Å². The molecule has 1 aliphatic rings. The number of benzene rings is 1. The third-order valence-electron chi connectivity index (χ3n) is 4.19. The van der Waals surface area contributed by atoms with Crippen LogP contribution in [-0.2, 0) is 14.3 Å². The molecule has 1 atom stereocenters. The van der Waals surface area contributed by atoms with Gasteiger partial charge in [0.1, 0.15) is 17.8 Å². The summed E-state index contributed by atoms with van der Waals surface area (Å²) in [7, 11) is 0. The number of nitrogens with one attached hydrogen (secondary N) is 1. The van der Waals surface area contributed by atoms with Crippen LogP contribution >= 0.6 is 0 Å². The van der Waals surface area contributed by atoms with Crippen LogP contribution in [0.3, 0.4) is 0 Å². The van der Waals surface area contributed by atoms with Gasteiger partial charge in [-0.2, -0.15) is 0 Å². The second-order valence-electron chi connectivity index (χ2n) is 6.05. The fraction of sp³-hybridized carbons (Fsp3) is 0.444. The molecule has 1 saturated heterocycles. The van der Waals surface area contributed by atoms with Crippen LogP contribution < -0.4 is 10.1 Å². The van der Waals surface area contributed by atoms with E-state index in [9.17, 15) is 19.2 Å². The van der Waals surface area contributed by atoms with E-state index in [4.69, 9.17) is 9.47 Å². The van der Waals surface area contributed by atoms with E-state index in [2.05, 4.69) is 5.32 Å². The first-order chi connectivity index (χ1) is 12.3. The molecular weight excluding hydrogens is 340 g/mol. The van der Waals surface area contributed by atoms with Crippen LogP contribution in [0.25, 0.3) is 0 Å². The van der Waals surface area contributed by atoms with Gasteiger partial charge in [-0.15, -0.1) is 0 Å². The first kappa shape index (κ1) is 19.4. The predicted molar refractivity (Wildman–Crippen MR) is 91.8 cm³/mol. The standard InChI is InChI=1S/C18H22N2O6/c1-4-18(3)16(23)20(17(24)19-18)10-15(22)26-11-14(21)12-6-8-13(9-7-12)25-5-2/h6-9H,4-5,10-11H2,1-3H3,(H,19,24)/t18-/m1/s1. The van der Waals surface area contributed by atoms with Gasteiger partial charge in [0.25, 0.3) is 5.91 Å². The smallest absolute Gasteiger partial charge is 0.326 e. The summed E-state index contributed by atoms with van der Waals surface area (Å²) in [6, 6.07) is 5.81. The van der Waals surface area contributed by atoms with E-state index in [1.54, 1.807) is 38.1 Å². The molecule has 26 heavy (non-hydrogen) atoms. The highest BCUT2D eigenvalue weighted by molar-refractivity contribution is 6.08. The van der Waals surface area contributed by atoms with Crippen molar-refractivity contribution in [3.8, 4) is 5.75 Å². The van der Waals surface area contributed by atoms with Crippen molar-refractivity contribution in [2.75, 3.05) is 19.8 Å². The Morgan fingerprint density at radius 3 is 2.35 bits per heavy atom. The molecular formula is C18H22N2O6. The molecule has 1 fully saturated rings. The molecule has 2 rings (SSSR count). The van der Waals surface area contributed by atoms with Crippen LogP contribution in [0.15, 0.2) is 24.3 Å². The average molecular weight is 362 g/mol. The number of urea groups is 1. The number of carbonyl (C=O) groups is 4. The monoisotopic (exact) mass is 362 g/mol. The van der Waals surface area contributed by atoms with Gasteiger partial charge in [-0.3, -0.25) is 19.3 Å². The number of nitrogens with zero attached hydrogens (tertiary/aromatic N) is 1. The fourth-order valence-electron chi connectivity index (χ4n) is 2.44. The van der Waals surface area contributed by atoms with E-state index >= 15 is 0 Å². The zero-order valence-electron chi connectivity index (χ0n) is 15.0. The molecule has 8 heteroatoms. The van der Waals surface area contributed by atoms with E-state index in [1.165, 1.54) is 0 Å². The summed E-state index contributed by atoms with van der Waals surface area (Å²) in [6.07, 6.45) is 0.402. The maximum Gasteiger partial charge on any atom is 0.326 e. The molecule has 0 aromatic heterocycles. The highest BCUT2D eigenvalue weighted by atomic mass is 16.5. The number of hydrogen-bond donors (Lipinski definition) is 1. The highest BCUT2D eigenvalue weighted by Crippen LogP contribution is 2.20. The SMILES string of the molecule is CCOc1ccc(C(=O)COC(=O)CN2C(=O)N[C@](C)(CC)C2=O)cc1. The third kappa shape index (κ3) is 4.19. The van der Waals surface area contributed by atoms with Crippen molar-refractivity contribution in [2.24, 2.45) is 0 Å². The fourth-order valence-corrected chi connectivity index (χ4v) is 2.44. The molecule has 1 aliphatic heterocycles. The van der Waals surface area contributed by atoms with Crippen molar-refractivity contribution < 1.29 is 28.7 Å². The first-order valence-corrected chi connectivity index (χ1v) is 8.36. The molecule has 0 radical (unpaired) electrons. The van der Waals surface area contributed by atoms with Gasteiger partial charge in [-0.1, -0.05) is 6.92 Å². The van der Waals surface area contributed by atoms with Crippen LogP contribution in [0.5, 0.6) is 5.75 Å². The lowest BCUT2D eigenvalue weighted by molar-refractivity contribution is -0.146. The van der Waals surface area contributed by atoms with Crippen molar-refractivity contribution in [2.45, 2.75) is 32.7 Å². The number of amides is 3. The largest absolute Gasteiger partial charge is 0.494 e. The number of esters is 1. The molecule has 0 aliphatic carbocycles. The van der Waals surface area contributed by atoms with Crippen LogP contribution in [0.4, 0.5) is 4.79 Å². The second-order valence-corrected chi connectivity index (χ2v) is 6.05. The minimum atomic E-state index is -1.02. The Labute approximate surface area is 151 Å². The van der Waals surface area contributed by atoms with Gasteiger partial charge in [-0.25, -0.2) is 4.79 Å². The maximum atomic E-state index is 12.2. The number of rotatable bonds is 8. The summed E-state index contributed by atoms with van der Waals surface area (Å²) in [5, 5.41) is 2.54. The Morgan fingerprint density at radius 2 is 1.81 bits per heavy atom. The average Bonchev–Trinajstić information content (AvgIpc) is 2.84. The minimum Gasteiger partial charge on any atom is -0.494 e. The third-order valence-corrected chi connectivity index (χ3v) is 4.19. The van der Waals surface area contributed by atoms with Gasteiger partial charge in [0.05, 0.1) is 6.61 Å². The molecule has 1 aromatic carbocycles. The molecule has 1 heterocycles. The quantitative estimate of drug-likeness (QED) is 0.427. The normalized spacial score (nSPS) is 19.3. The van der Waals surface area contributed by atoms with E-state index in [-0.39, 0.29) is 0 Å². The summed E-state index contributed by atoms with van der Waals surface area (Å²) >= 11 is 0. The number of hydrogen-bond acceptors (Lipinski definition) is 6. The summed E-state index contributed by atoms with van der Waals surface area (Å²) in [5.41, 5.74) is -0.648. The summed E-state index contributed by atoms with van der Waals surface area (Å²) < 4.78 is 10.2. The van der Waals surface area contributed by atoms with Crippen LogP contribution in [-0.4, -0.2) is 53.9 Å². The molecule has 0 spiro atoms. The number of carbonyl (C=O) groups excluding carboxylic acids is 4. The van der Waals surface area contributed by atoms with E-state index in [0.717, 1.165) is 4.90 Å². The Bertz CT molecular complexity index is 715. The van der Waals surface area contributed by atoms with Crippen LogP contribution in [0, 0.1) is 0 Å². The molecule has 8 nitrogen and oxygen atoms in total. The molecule has 0 bridgehead atoms. The van der Waals surface area contributed by atoms with Crippen LogP contribution in [0.2, 0.25) is 0 Å². The Morgan fingerprint density at radius 1 is 1.15 bits per heavy atom. The zero-order chi connectivity index (χ0) is 19.3. The van der Waals surface area contributed by atoms with Gasteiger partial charge < -0.3 is 14.8 Å². The second kappa shape index (κ2) is 7.99. The highest BCUT2D eigenvalue weighted by Gasteiger charge is 2.47. The molecule has 1 aromatic rings. The minimum absolute atomic E-state index is 0.370.